The summed E-state index contributed by atoms with van der Waals surface area (Å²) in [6, 6.07) is 2.04. The van der Waals surface area contributed by atoms with Gasteiger partial charge < -0.3 is 5.73 Å². The molecule has 0 aliphatic rings. The van der Waals surface area contributed by atoms with Gasteiger partial charge in [-0.1, -0.05) is 0 Å². The average molecular weight is 314 g/mol. The fraction of sp³-hybridized carbons (Fsp3) is 0.200. The Morgan fingerprint density at radius 3 is 2.80 bits per heavy atom. The molecule has 78 valence electrons. The van der Waals surface area contributed by atoms with Gasteiger partial charge in [-0.05, 0) is 46.7 Å². The Labute approximate surface area is 102 Å². The monoisotopic (exact) mass is 314 g/mol. The minimum Gasteiger partial charge on any atom is -0.326 e. The van der Waals surface area contributed by atoms with Crippen LogP contribution in [0.3, 0.4) is 0 Å². The van der Waals surface area contributed by atoms with Crippen LogP contribution in [0.25, 0.3) is 5.82 Å². The highest BCUT2D eigenvalue weighted by Gasteiger charge is 2.04. The number of hydrogen-bond acceptors (Lipinski definition) is 3. The Morgan fingerprint density at radius 2 is 2.27 bits per heavy atom. The quantitative estimate of drug-likeness (QED) is 0.858. The molecule has 0 unspecified atom stereocenters. The van der Waals surface area contributed by atoms with Crippen LogP contribution in [0.2, 0.25) is 0 Å². The van der Waals surface area contributed by atoms with Crippen LogP contribution in [0.5, 0.6) is 0 Å². The van der Waals surface area contributed by atoms with Crippen molar-refractivity contribution in [2.45, 2.75) is 13.5 Å². The predicted octanol–water partition coefficient (Wildman–Crippen LogP) is 1.64. The molecule has 2 rings (SSSR count). The lowest BCUT2D eigenvalue weighted by Crippen LogP contribution is -2.04. The first-order valence-electron chi connectivity index (χ1n) is 4.57. The molecule has 5 heteroatoms. The second-order valence-electron chi connectivity index (χ2n) is 3.29. The van der Waals surface area contributed by atoms with Crippen LogP contribution in [0.1, 0.15) is 11.1 Å². The van der Waals surface area contributed by atoms with Gasteiger partial charge in [0, 0.05) is 18.9 Å². The zero-order valence-corrected chi connectivity index (χ0v) is 10.5. The van der Waals surface area contributed by atoms with E-state index >= 15 is 0 Å². The molecule has 0 saturated heterocycles. The molecule has 0 amide bonds. The van der Waals surface area contributed by atoms with Crippen LogP contribution in [-0.4, -0.2) is 14.8 Å². The average Bonchev–Trinajstić information content (AvgIpc) is 2.64. The second-order valence-corrected chi connectivity index (χ2v) is 4.54. The van der Waals surface area contributed by atoms with Crippen LogP contribution < -0.4 is 5.73 Å². The van der Waals surface area contributed by atoms with E-state index in [1.165, 1.54) is 0 Å². The largest absolute Gasteiger partial charge is 0.326 e. The lowest BCUT2D eigenvalue weighted by Gasteiger charge is -2.05. The lowest BCUT2D eigenvalue weighted by molar-refractivity contribution is 0.832. The van der Waals surface area contributed by atoms with Crippen molar-refractivity contribution in [1.29, 1.82) is 0 Å². The molecule has 0 aliphatic carbocycles. The minimum atomic E-state index is 0.519. The van der Waals surface area contributed by atoms with Crippen molar-refractivity contribution in [3.8, 4) is 5.82 Å². The summed E-state index contributed by atoms with van der Waals surface area (Å²) in [6.07, 6.45) is 5.54. The van der Waals surface area contributed by atoms with Crippen LogP contribution in [0.15, 0.2) is 24.7 Å². The standard InChI is InChI=1S/C10H11IN4/c1-7-2-8(3-12)4-13-10(7)15-6-9(11)5-14-15/h2,4-6H,3,12H2,1H3. The Morgan fingerprint density at radius 1 is 1.47 bits per heavy atom. The van der Waals surface area contributed by atoms with E-state index in [0.29, 0.717) is 6.54 Å². The maximum absolute atomic E-state index is 5.55. The lowest BCUT2D eigenvalue weighted by atomic mass is 10.2. The third-order valence-electron chi connectivity index (χ3n) is 2.11. The normalized spacial score (nSPS) is 10.6. The van der Waals surface area contributed by atoms with Crippen molar-refractivity contribution in [2.24, 2.45) is 5.73 Å². The third-order valence-corrected chi connectivity index (χ3v) is 2.67. The van der Waals surface area contributed by atoms with Gasteiger partial charge in [0.1, 0.15) is 0 Å². The van der Waals surface area contributed by atoms with E-state index in [9.17, 15) is 0 Å². The summed E-state index contributed by atoms with van der Waals surface area (Å²) in [5.74, 6) is 0.857. The molecule has 0 spiro atoms. The molecule has 0 saturated carbocycles. The van der Waals surface area contributed by atoms with Crippen LogP contribution in [0.4, 0.5) is 0 Å². The molecule has 2 aromatic rings. The summed E-state index contributed by atoms with van der Waals surface area (Å²) >= 11 is 2.22. The molecule has 2 heterocycles. The summed E-state index contributed by atoms with van der Waals surface area (Å²) < 4.78 is 2.87. The molecular formula is C10H11IN4. The number of pyridine rings is 1. The molecule has 2 N–H and O–H groups in total. The molecule has 0 fully saturated rings. The van der Waals surface area contributed by atoms with Gasteiger partial charge in [-0.25, -0.2) is 9.67 Å². The number of hydrogen-bond donors (Lipinski definition) is 1. The maximum Gasteiger partial charge on any atom is 0.156 e. The third kappa shape index (κ3) is 2.18. The first-order chi connectivity index (χ1) is 7.20. The van der Waals surface area contributed by atoms with Crippen LogP contribution >= 0.6 is 22.6 Å². The van der Waals surface area contributed by atoms with E-state index in [1.54, 1.807) is 17.1 Å². The highest BCUT2D eigenvalue weighted by Crippen LogP contribution is 2.13. The number of nitrogens with zero attached hydrogens (tertiary/aromatic N) is 3. The highest BCUT2D eigenvalue weighted by molar-refractivity contribution is 14.1. The molecule has 0 aliphatic heterocycles. The second kappa shape index (κ2) is 4.28. The van der Waals surface area contributed by atoms with E-state index in [1.807, 2.05) is 19.2 Å². The first-order valence-corrected chi connectivity index (χ1v) is 5.64. The maximum atomic E-state index is 5.55. The summed E-state index contributed by atoms with van der Waals surface area (Å²) in [5, 5.41) is 4.22. The van der Waals surface area contributed by atoms with Gasteiger partial charge in [0.15, 0.2) is 5.82 Å². The minimum absolute atomic E-state index is 0.519. The van der Waals surface area contributed by atoms with Gasteiger partial charge >= 0.3 is 0 Å². The van der Waals surface area contributed by atoms with Crippen molar-refractivity contribution < 1.29 is 0 Å². The molecule has 0 bridgehead atoms. The summed E-state index contributed by atoms with van der Waals surface area (Å²) in [4.78, 5) is 4.35. The fourth-order valence-corrected chi connectivity index (χ4v) is 1.78. The summed E-state index contributed by atoms with van der Waals surface area (Å²) in [7, 11) is 0. The van der Waals surface area contributed by atoms with E-state index in [0.717, 1.165) is 20.5 Å². The van der Waals surface area contributed by atoms with Gasteiger partial charge in [0.05, 0.1) is 9.77 Å². The Hall–Kier alpha value is -0.950. The smallest absolute Gasteiger partial charge is 0.156 e. The SMILES string of the molecule is Cc1cc(CN)cnc1-n1cc(I)cn1. The van der Waals surface area contributed by atoms with Crippen molar-refractivity contribution in [1.82, 2.24) is 14.8 Å². The first kappa shape index (κ1) is 10.6. The highest BCUT2D eigenvalue weighted by atomic mass is 127. The molecule has 0 atom stereocenters. The zero-order valence-electron chi connectivity index (χ0n) is 8.31. The van der Waals surface area contributed by atoms with Crippen molar-refractivity contribution in [3.63, 3.8) is 0 Å². The molecule has 4 nitrogen and oxygen atoms in total. The molecular weight excluding hydrogens is 303 g/mol. The molecule has 0 aromatic carbocycles. The van der Waals surface area contributed by atoms with Gasteiger partial charge in [-0.3, -0.25) is 0 Å². The van der Waals surface area contributed by atoms with Crippen LogP contribution in [0, 0.1) is 10.5 Å². The number of aromatic nitrogens is 3. The predicted molar refractivity (Wildman–Crippen MR) is 66.7 cm³/mol. The van der Waals surface area contributed by atoms with Gasteiger partial charge in [0.2, 0.25) is 0 Å². The van der Waals surface area contributed by atoms with E-state index < -0.39 is 0 Å². The Balaban J connectivity index is 2.45. The van der Waals surface area contributed by atoms with Gasteiger partial charge in [-0.15, -0.1) is 0 Å². The Bertz CT molecular complexity index is 478. The molecule has 0 radical (unpaired) electrons. The molecule has 2 aromatic heterocycles. The van der Waals surface area contributed by atoms with Gasteiger partial charge in [-0.2, -0.15) is 5.10 Å². The van der Waals surface area contributed by atoms with E-state index in [-0.39, 0.29) is 0 Å². The number of aryl methyl sites for hydroxylation is 1. The number of nitrogens with two attached hydrogens (primary N) is 1. The molecule has 15 heavy (non-hydrogen) atoms. The number of rotatable bonds is 2. The van der Waals surface area contributed by atoms with Crippen molar-refractivity contribution in [2.75, 3.05) is 0 Å². The summed E-state index contributed by atoms with van der Waals surface area (Å²) in [6.45, 7) is 2.53. The van der Waals surface area contributed by atoms with Crippen molar-refractivity contribution >= 4 is 22.6 Å². The zero-order chi connectivity index (χ0) is 10.8. The topological polar surface area (TPSA) is 56.7 Å². The fourth-order valence-electron chi connectivity index (χ4n) is 1.39. The van der Waals surface area contributed by atoms with Gasteiger partial charge in [0.25, 0.3) is 0 Å². The van der Waals surface area contributed by atoms with E-state index in [4.69, 9.17) is 5.73 Å². The van der Waals surface area contributed by atoms with E-state index in [2.05, 4.69) is 32.7 Å². The van der Waals surface area contributed by atoms with Crippen molar-refractivity contribution in [3.05, 3.63) is 39.4 Å². The van der Waals surface area contributed by atoms with Crippen LogP contribution in [-0.2, 0) is 6.54 Å². The number of halogens is 1. The Kier molecular flexibility index (Phi) is 3.01. The summed E-state index contributed by atoms with van der Waals surface area (Å²) in [5.41, 5.74) is 7.67.